The number of ether oxygens (including phenoxy) is 1. The van der Waals surface area contributed by atoms with Gasteiger partial charge >= 0.3 is 35.0 Å². The zero-order chi connectivity index (χ0) is 42.8. The number of fused-ring (bicyclic) bond motifs is 1. The topological polar surface area (TPSA) is 335 Å². The molecule has 1 heterocycles. The molecule has 57 heavy (non-hydrogen) atoms. The van der Waals surface area contributed by atoms with Crippen LogP contribution in [0.5, 0.6) is 5.75 Å². The van der Waals surface area contributed by atoms with Crippen molar-refractivity contribution in [2.75, 3.05) is 31.0 Å². The molecule has 6 N–H and O–H groups in total. The number of aliphatic imine (C=N–C) groups is 1. The van der Waals surface area contributed by atoms with E-state index in [1.807, 2.05) is 5.32 Å². The number of methoxy groups -OCH3 is 1. The summed E-state index contributed by atoms with van der Waals surface area (Å²) in [5.74, 6) is -6.87. The first-order valence-electron chi connectivity index (χ1n) is 16.5. The van der Waals surface area contributed by atoms with E-state index >= 15 is 0 Å². The van der Waals surface area contributed by atoms with Gasteiger partial charge in [0.2, 0.25) is 11.9 Å². The maximum atomic E-state index is 14.1. The molecule has 2 aromatic carbocycles. The first kappa shape index (κ1) is 44.4. The van der Waals surface area contributed by atoms with Gasteiger partial charge in [-0.15, -0.1) is 0 Å². The van der Waals surface area contributed by atoms with Gasteiger partial charge in [-0.25, -0.2) is 14.6 Å². The largest absolute Gasteiger partial charge is 0.497 e. The average Bonchev–Trinajstić information content (AvgIpc) is 3.10. The van der Waals surface area contributed by atoms with Gasteiger partial charge in [0.05, 0.1) is 40.8 Å². The molecule has 23 nitrogen and oxygen atoms in total. The zero-order valence-corrected chi connectivity index (χ0v) is 31.8. The van der Waals surface area contributed by atoms with E-state index in [1.165, 1.54) is 19.2 Å². The summed E-state index contributed by atoms with van der Waals surface area (Å²) in [6, 6.07) is 5.84. The number of aliphatic carboxylic acids is 2. The predicted octanol–water partition coefficient (Wildman–Crippen LogP) is 2.12. The van der Waals surface area contributed by atoms with E-state index in [1.54, 1.807) is 39.1 Å². The quantitative estimate of drug-likeness (QED) is 0.0253. The lowest BCUT2D eigenvalue weighted by molar-refractivity contribution is -0.603. The fourth-order valence-electron chi connectivity index (χ4n) is 5.59. The van der Waals surface area contributed by atoms with Gasteiger partial charge in [0.1, 0.15) is 17.8 Å². The van der Waals surface area contributed by atoms with Crippen LogP contribution in [0.15, 0.2) is 53.3 Å². The lowest BCUT2D eigenvalue weighted by Gasteiger charge is -2.33. The Hall–Kier alpha value is -7.03. The zero-order valence-electron chi connectivity index (χ0n) is 31.0. The van der Waals surface area contributed by atoms with Gasteiger partial charge < -0.3 is 41.0 Å². The molecule has 0 radical (unpaired) electrons. The number of nitrogens with one attached hydrogen (secondary N) is 4. The van der Waals surface area contributed by atoms with Crippen LogP contribution in [0.1, 0.15) is 44.7 Å². The number of likely N-dealkylation sites (N-methyl/N-ethyl adjacent to an activating group) is 1. The molecule has 0 aliphatic carbocycles. The normalized spacial score (nSPS) is 16.2. The maximum absolute atomic E-state index is 14.1. The smallest absolute Gasteiger partial charge is 0.460 e. The van der Waals surface area contributed by atoms with Crippen LogP contribution in [0.4, 0.5) is 11.4 Å². The van der Waals surface area contributed by atoms with Crippen molar-refractivity contribution in [1.82, 2.24) is 20.9 Å². The van der Waals surface area contributed by atoms with Crippen LogP contribution in [0.2, 0.25) is 0 Å². The van der Waals surface area contributed by atoms with Crippen molar-refractivity contribution < 1.29 is 48.9 Å². The van der Waals surface area contributed by atoms with Crippen molar-refractivity contribution in [2.24, 2.45) is 10.4 Å². The highest BCUT2D eigenvalue weighted by Gasteiger charge is 2.69. The van der Waals surface area contributed by atoms with Gasteiger partial charge in [0.25, 0.3) is 0 Å². The number of carboxylic acid groups (broad SMARTS) is 2. The lowest BCUT2D eigenvalue weighted by atomic mass is 9.86. The number of carbonyl (C=O) groups excluding carboxylic acids is 2. The van der Waals surface area contributed by atoms with E-state index in [2.05, 4.69) is 20.9 Å². The minimum absolute atomic E-state index is 0.0248. The Morgan fingerprint density at radius 3 is 2.14 bits per heavy atom. The molecule has 3 unspecified atom stereocenters. The van der Waals surface area contributed by atoms with Gasteiger partial charge in [-0.3, -0.25) is 35.1 Å². The van der Waals surface area contributed by atoms with Gasteiger partial charge in [0.15, 0.2) is 6.19 Å². The second kappa shape index (κ2) is 18.5. The Bertz CT molecular complexity index is 2050. The average molecular weight is 815 g/mol. The third-order valence-corrected chi connectivity index (χ3v) is 9.21. The fourth-order valence-corrected chi connectivity index (χ4v) is 6.62. The minimum Gasteiger partial charge on any atom is -0.497 e. The minimum atomic E-state index is -3.35. The number of amides is 2. The number of rotatable bonds is 17. The summed E-state index contributed by atoms with van der Waals surface area (Å²) >= 11 is 0.898. The Balaban J connectivity index is 2.02. The molecule has 0 saturated heterocycles. The van der Waals surface area contributed by atoms with Crippen molar-refractivity contribution in [3.63, 3.8) is 0 Å². The standard InChI is InChI=1S/C33H38N10O13S/c1-32(2,3)15-25(44)38-24(29(47)48)16-57-13-12-23(28(45)46)39-30(49)33(43(54)55)22-11-8-19(14-21(22)26(41(50)51)27(40(33)4)42(52)53)37-31(35-17-34)36-18-6-9-20(56-5)10-7-18/h6-11,14,23-24H,12-13,15-16H2,1-5H3,(H,38,44)(H,39,49)(H,45,46)(H,47,48)(H2,35,36,37). The second-order valence-electron chi connectivity index (χ2n) is 13.4. The Kier molecular flexibility index (Phi) is 14.4. The van der Waals surface area contributed by atoms with Crippen LogP contribution in [-0.4, -0.2) is 97.3 Å². The number of benzene rings is 2. The number of hydrogen-bond acceptors (Lipinski definition) is 15. The second-order valence-corrected chi connectivity index (χ2v) is 14.5. The molecule has 0 aromatic heterocycles. The summed E-state index contributed by atoms with van der Waals surface area (Å²) in [4.78, 5) is 88.8. The number of carboxylic acids is 2. The lowest BCUT2D eigenvalue weighted by Crippen LogP contribution is -2.64. The summed E-state index contributed by atoms with van der Waals surface area (Å²) in [6.07, 6.45) is 1.23. The molecule has 2 amide bonds. The molecule has 0 fully saturated rings. The van der Waals surface area contributed by atoms with Gasteiger partial charge in [-0.1, -0.05) is 20.8 Å². The van der Waals surface area contributed by atoms with E-state index in [0.29, 0.717) is 18.5 Å². The number of hydrogen-bond donors (Lipinski definition) is 6. The number of guanidine groups is 1. The van der Waals surface area contributed by atoms with Crippen molar-refractivity contribution in [1.29, 1.82) is 5.26 Å². The van der Waals surface area contributed by atoms with Gasteiger partial charge in [-0.05, 0) is 65.0 Å². The summed E-state index contributed by atoms with van der Waals surface area (Å²) in [5.41, 5.74) is -6.39. The molecule has 3 atom stereocenters. The third-order valence-electron chi connectivity index (χ3n) is 8.11. The molecule has 0 bridgehead atoms. The van der Waals surface area contributed by atoms with Crippen LogP contribution in [-0.2, 0) is 24.8 Å². The van der Waals surface area contributed by atoms with Crippen LogP contribution >= 0.6 is 11.8 Å². The number of carbonyl (C=O) groups is 4. The molecule has 304 valence electrons. The van der Waals surface area contributed by atoms with Crippen LogP contribution in [0.3, 0.4) is 0 Å². The summed E-state index contributed by atoms with van der Waals surface area (Å²) in [7, 11) is 2.14. The highest BCUT2D eigenvalue weighted by Crippen LogP contribution is 2.44. The van der Waals surface area contributed by atoms with E-state index in [-0.39, 0.29) is 34.5 Å². The molecule has 0 saturated carbocycles. The van der Waals surface area contributed by atoms with Crippen molar-refractivity contribution in [2.45, 2.75) is 51.4 Å². The molecule has 3 rings (SSSR count). The van der Waals surface area contributed by atoms with E-state index in [9.17, 15) is 65.0 Å². The Morgan fingerprint density at radius 2 is 1.63 bits per heavy atom. The maximum Gasteiger partial charge on any atom is 0.460 e. The molecule has 2 aromatic rings. The molecular formula is C33H38N10O13S. The van der Waals surface area contributed by atoms with Crippen molar-refractivity contribution >= 4 is 58.5 Å². The van der Waals surface area contributed by atoms with Gasteiger partial charge in [-0.2, -0.15) is 21.9 Å². The highest BCUT2D eigenvalue weighted by molar-refractivity contribution is 7.99. The Morgan fingerprint density at radius 1 is 1.00 bits per heavy atom. The number of nitriles is 1. The van der Waals surface area contributed by atoms with E-state index in [4.69, 9.17) is 4.74 Å². The van der Waals surface area contributed by atoms with Crippen molar-refractivity contribution in [3.8, 4) is 11.9 Å². The fraction of sp³-hybridized carbons (Fsp3) is 0.394. The summed E-state index contributed by atoms with van der Waals surface area (Å²) in [5, 5.41) is 75.9. The predicted molar refractivity (Wildman–Crippen MR) is 201 cm³/mol. The number of nitrogens with zero attached hydrogens (tertiary/aromatic N) is 6. The summed E-state index contributed by atoms with van der Waals surface area (Å²) < 4.78 is 5.10. The summed E-state index contributed by atoms with van der Waals surface area (Å²) in [6.45, 7) is 5.34. The monoisotopic (exact) mass is 814 g/mol. The molecule has 0 spiro atoms. The van der Waals surface area contributed by atoms with Crippen molar-refractivity contribution in [3.05, 3.63) is 89.8 Å². The molecular weight excluding hydrogens is 776 g/mol. The Labute approximate surface area is 327 Å². The van der Waals surface area contributed by atoms with E-state index < -0.39 is 90.8 Å². The number of thioether (sulfide) groups is 1. The first-order valence-corrected chi connectivity index (χ1v) is 17.7. The molecule has 1 aliphatic rings. The number of anilines is 1. The van der Waals surface area contributed by atoms with Crippen LogP contribution in [0.25, 0.3) is 5.70 Å². The SMILES string of the molecule is COc1ccc(N=C(NC#N)Nc2ccc3c(c2)C([N+](=O)[O-])=C([N+](=O)[O-])N(C)C3(C(=O)NC(CCSCC(NC(=O)CC(C)(C)C)C(=O)O)C(=O)O)[N+](=O)[O-])cc1. The molecule has 1 aliphatic heterocycles. The van der Waals surface area contributed by atoms with Crippen LogP contribution in [0, 0.1) is 47.2 Å². The van der Waals surface area contributed by atoms with E-state index in [0.717, 1.165) is 30.0 Å². The van der Waals surface area contributed by atoms with Crippen LogP contribution < -0.4 is 26.0 Å². The molecule has 24 heteroatoms. The first-order chi connectivity index (χ1) is 26.7. The van der Waals surface area contributed by atoms with Gasteiger partial charge in [0, 0.05) is 17.9 Å². The number of nitro groups is 3. The third kappa shape index (κ3) is 10.6. The highest BCUT2D eigenvalue weighted by atomic mass is 32.2.